The molecule has 0 aromatic carbocycles. The Labute approximate surface area is 254 Å². The molecule has 0 aliphatic carbocycles. The minimum absolute atomic E-state index is 0.116. The van der Waals surface area contributed by atoms with Crippen LogP contribution in [0.15, 0.2) is 0 Å². The molecule has 250 valence electrons. The van der Waals surface area contributed by atoms with E-state index in [1.807, 2.05) is 0 Å². The number of aliphatic carboxylic acids is 1. The van der Waals surface area contributed by atoms with Gasteiger partial charge in [-0.15, -0.1) is 0 Å². The van der Waals surface area contributed by atoms with E-state index in [9.17, 15) is 38.4 Å². The highest BCUT2D eigenvalue weighted by molar-refractivity contribution is 5.95. The molecule has 0 aliphatic heterocycles. The van der Waals surface area contributed by atoms with Crippen LogP contribution in [-0.2, 0) is 38.4 Å². The van der Waals surface area contributed by atoms with Gasteiger partial charge in [0.2, 0.25) is 41.4 Å². The lowest BCUT2D eigenvalue weighted by atomic mass is 10.0. The molecule has 19 nitrogen and oxygen atoms in total. The second-order valence-electron chi connectivity index (χ2n) is 9.98. The number of unbranched alkanes of at least 4 members (excludes halogenated alkanes) is 1. The molecule has 13 N–H and O–H groups in total. The molecule has 0 aromatic heterocycles. The Morgan fingerprint density at radius 2 is 1.20 bits per heavy atom. The minimum Gasteiger partial charge on any atom is -0.480 e. The van der Waals surface area contributed by atoms with Crippen molar-refractivity contribution in [3.05, 3.63) is 0 Å². The van der Waals surface area contributed by atoms with Gasteiger partial charge in [0.1, 0.15) is 24.2 Å². The van der Waals surface area contributed by atoms with Crippen LogP contribution in [0.2, 0.25) is 0 Å². The zero-order chi connectivity index (χ0) is 33.8. The molecule has 0 rings (SSSR count). The van der Waals surface area contributed by atoms with Crippen LogP contribution < -0.4 is 48.7 Å². The Morgan fingerprint density at radius 1 is 0.636 bits per heavy atom. The summed E-state index contributed by atoms with van der Waals surface area (Å²) in [5.41, 5.74) is 10.6. The number of aliphatic hydroxyl groups excluding tert-OH is 1. The van der Waals surface area contributed by atoms with Gasteiger partial charge in [0, 0.05) is 0 Å². The van der Waals surface area contributed by atoms with Crippen molar-refractivity contribution < 1.29 is 48.6 Å². The number of hydrogen-bond donors (Lipinski definition) is 11. The number of nitrogens with two attached hydrogens (primary N) is 2. The third-order valence-corrected chi connectivity index (χ3v) is 5.91. The first kappa shape index (κ1) is 39.6. The fraction of sp³-hybridized carbons (Fsp3) is 0.680. The van der Waals surface area contributed by atoms with E-state index < -0.39 is 104 Å². The van der Waals surface area contributed by atoms with Crippen LogP contribution in [-0.4, -0.2) is 121 Å². The lowest BCUT2D eigenvalue weighted by Gasteiger charge is -2.23. The summed E-state index contributed by atoms with van der Waals surface area (Å²) in [5.74, 6) is -6.91. The summed E-state index contributed by atoms with van der Waals surface area (Å²) in [6.07, 6.45) is 1.07. The Morgan fingerprint density at radius 3 is 1.75 bits per heavy atom. The zero-order valence-corrected chi connectivity index (χ0v) is 25.1. The van der Waals surface area contributed by atoms with Crippen molar-refractivity contribution in [3.63, 3.8) is 0 Å². The molecule has 0 radical (unpaired) electrons. The SMILES string of the molecule is CC(NC(=O)CN)C(=O)NCC(=O)NCC(=O)NC(C(=O)NCC(=O)NC(CCCCN)C(=O)NC(CO)C(=O)O)C(C)C. The van der Waals surface area contributed by atoms with Gasteiger partial charge in [-0.2, -0.15) is 0 Å². The standard InChI is InChI=1S/C25H45N9O10/c1-13(2)21(34-20(39)10-28-18(37)9-29-22(40)14(3)31-17(36)8-27)24(42)30-11-19(38)32-15(6-4-5-7-26)23(41)33-16(12-35)25(43)44/h13-16,21,35H,4-12,26-27H2,1-3H3,(H,28,37)(H,29,40)(H,30,42)(H,31,36)(H,32,38)(H,33,41)(H,34,39)(H,43,44). The Hall–Kier alpha value is -4.36. The maximum absolute atomic E-state index is 12.7. The van der Waals surface area contributed by atoms with Crippen molar-refractivity contribution in [2.24, 2.45) is 17.4 Å². The average Bonchev–Trinajstić information content (AvgIpc) is 2.97. The molecule has 0 bridgehead atoms. The van der Waals surface area contributed by atoms with E-state index in [0.29, 0.717) is 19.4 Å². The number of amides is 7. The van der Waals surface area contributed by atoms with Crippen molar-refractivity contribution in [3.8, 4) is 0 Å². The van der Waals surface area contributed by atoms with E-state index in [0.717, 1.165) is 0 Å². The molecule has 0 spiro atoms. The average molecular weight is 632 g/mol. The lowest BCUT2D eigenvalue weighted by molar-refractivity contribution is -0.143. The van der Waals surface area contributed by atoms with Gasteiger partial charge >= 0.3 is 5.97 Å². The third-order valence-electron chi connectivity index (χ3n) is 5.91. The van der Waals surface area contributed by atoms with Crippen LogP contribution in [0, 0.1) is 5.92 Å². The maximum atomic E-state index is 12.7. The topological polar surface area (TPSA) is 313 Å². The Bertz CT molecular complexity index is 1020. The van der Waals surface area contributed by atoms with Gasteiger partial charge in [-0.1, -0.05) is 13.8 Å². The number of hydrogen-bond acceptors (Lipinski definition) is 11. The monoisotopic (exact) mass is 631 g/mol. The number of carbonyl (C=O) groups excluding carboxylic acids is 7. The zero-order valence-electron chi connectivity index (χ0n) is 25.1. The number of aliphatic hydroxyl groups is 1. The van der Waals surface area contributed by atoms with Gasteiger partial charge in [-0.25, -0.2) is 4.79 Å². The highest BCUT2D eigenvalue weighted by atomic mass is 16.4. The normalized spacial score (nSPS) is 13.3. The number of nitrogens with one attached hydrogen (secondary N) is 7. The molecule has 0 saturated heterocycles. The van der Waals surface area contributed by atoms with E-state index in [4.69, 9.17) is 21.7 Å². The van der Waals surface area contributed by atoms with Gasteiger partial charge in [-0.05, 0) is 38.6 Å². The first-order valence-electron chi connectivity index (χ1n) is 13.9. The van der Waals surface area contributed by atoms with Gasteiger partial charge < -0.3 is 58.9 Å². The van der Waals surface area contributed by atoms with E-state index in [-0.39, 0.29) is 13.0 Å². The highest BCUT2D eigenvalue weighted by Crippen LogP contribution is 2.03. The highest BCUT2D eigenvalue weighted by Gasteiger charge is 2.28. The van der Waals surface area contributed by atoms with Crippen molar-refractivity contribution in [1.29, 1.82) is 0 Å². The second-order valence-corrected chi connectivity index (χ2v) is 9.98. The summed E-state index contributed by atoms with van der Waals surface area (Å²) in [4.78, 5) is 96.4. The largest absolute Gasteiger partial charge is 0.480 e. The Balaban J connectivity index is 4.91. The summed E-state index contributed by atoms with van der Waals surface area (Å²) < 4.78 is 0. The third kappa shape index (κ3) is 16.3. The van der Waals surface area contributed by atoms with E-state index >= 15 is 0 Å². The Kier molecular flexibility index (Phi) is 19.2. The summed E-state index contributed by atoms with van der Waals surface area (Å²) in [6.45, 7) is 2.20. The van der Waals surface area contributed by atoms with Crippen molar-refractivity contribution in [2.75, 3.05) is 39.3 Å². The van der Waals surface area contributed by atoms with Crippen LogP contribution in [0.5, 0.6) is 0 Å². The van der Waals surface area contributed by atoms with Crippen LogP contribution in [0.3, 0.4) is 0 Å². The summed E-state index contributed by atoms with van der Waals surface area (Å²) >= 11 is 0. The molecule has 0 saturated carbocycles. The van der Waals surface area contributed by atoms with Crippen LogP contribution in [0.4, 0.5) is 0 Å². The second kappa shape index (κ2) is 21.3. The van der Waals surface area contributed by atoms with Crippen LogP contribution >= 0.6 is 0 Å². The maximum Gasteiger partial charge on any atom is 0.328 e. The van der Waals surface area contributed by atoms with Crippen molar-refractivity contribution in [1.82, 2.24) is 37.2 Å². The van der Waals surface area contributed by atoms with Gasteiger partial charge in [-0.3, -0.25) is 33.6 Å². The van der Waals surface area contributed by atoms with Crippen LogP contribution in [0.25, 0.3) is 0 Å². The molecule has 7 amide bonds. The first-order valence-corrected chi connectivity index (χ1v) is 13.9. The van der Waals surface area contributed by atoms with E-state index in [1.165, 1.54) is 6.92 Å². The molecule has 4 atom stereocenters. The lowest BCUT2D eigenvalue weighted by Crippen LogP contribution is -2.56. The molecular formula is C25H45N9O10. The fourth-order valence-corrected chi connectivity index (χ4v) is 3.43. The number of carbonyl (C=O) groups is 8. The molecule has 0 aliphatic rings. The minimum atomic E-state index is -1.57. The number of carboxylic acid groups (broad SMARTS) is 1. The number of carboxylic acids is 1. The first-order chi connectivity index (χ1) is 20.7. The smallest absolute Gasteiger partial charge is 0.328 e. The summed E-state index contributed by atoms with van der Waals surface area (Å²) in [5, 5.41) is 34.4. The molecule has 19 heteroatoms. The molecule has 0 aromatic rings. The predicted octanol–water partition coefficient (Wildman–Crippen LogP) is -5.89. The summed E-state index contributed by atoms with van der Waals surface area (Å²) in [6, 6.07) is -4.79. The van der Waals surface area contributed by atoms with Crippen molar-refractivity contribution in [2.45, 2.75) is 64.2 Å². The van der Waals surface area contributed by atoms with Crippen molar-refractivity contribution >= 4 is 47.3 Å². The molecule has 0 fully saturated rings. The van der Waals surface area contributed by atoms with Crippen LogP contribution in [0.1, 0.15) is 40.0 Å². The molecular weight excluding hydrogens is 586 g/mol. The van der Waals surface area contributed by atoms with Gasteiger partial charge in [0.25, 0.3) is 0 Å². The number of rotatable bonds is 21. The van der Waals surface area contributed by atoms with Gasteiger partial charge in [0.05, 0.1) is 32.8 Å². The molecule has 4 unspecified atom stereocenters. The quantitative estimate of drug-likeness (QED) is 0.0528. The molecule has 44 heavy (non-hydrogen) atoms. The fourth-order valence-electron chi connectivity index (χ4n) is 3.43. The summed E-state index contributed by atoms with van der Waals surface area (Å²) in [7, 11) is 0. The van der Waals surface area contributed by atoms with E-state index in [2.05, 4.69) is 37.2 Å². The van der Waals surface area contributed by atoms with E-state index in [1.54, 1.807) is 13.8 Å². The predicted molar refractivity (Wildman–Crippen MR) is 154 cm³/mol. The molecule has 0 heterocycles. The van der Waals surface area contributed by atoms with Gasteiger partial charge in [0.15, 0.2) is 0 Å².